The van der Waals surface area contributed by atoms with Gasteiger partial charge in [0.2, 0.25) is 6.08 Å². The molecule has 0 heterocycles. The highest BCUT2D eigenvalue weighted by molar-refractivity contribution is 5.33. The first kappa shape index (κ1) is 15.8. The van der Waals surface area contributed by atoms with E-state index in [-0.39, 0.29) is 6.04 Å². The number of unbranched alkanes of at least 4 members (excludes halogenated alkanes) is 2. The first-order valence-electron chi connectivity index (χ1n) is 7.49. The Hall–Kier alpha value is -1.24. The Morgan fingerprint density at radius 3 is 2.63 bits per heavy atom. The van der Waals surface area contributed by atoms with Gasteiger partial charge >= 0.3 is 6.08 Å². The van der Waals surface area contributed by atoms with Gasteiger partial charge in [0.15, 0.2) is 13.1 Å². The van der Waals surface area contributed by atoms with Gasteiger partial charge in [-0.3, -0.25) is 0 Å². The van der Waals surface area contributed by atoms with Crippen LogP contribution in [0.2, 0.25) is 0 Å². The van der Waals surface area contributed by atoms with Gasteiger partial charge in [-0.25, -0.2) is 9.79 Å². The molecule has 0 N–H and O–H groups in total. The summed E-state index contributed by atoms with van der Waals surface area (Å²) in [5.41, 5.74) is 0. The molecule has 0 aromatic carbocycles. The second-order valence-electron chi connectivity index (χ2n) is 5.48. The summed E-state index contributed by atoms with van der Waals surface area (Å²) in [6.07, 6.45) is 12.5. The summed E-state index contributed by atoms with van der Waals surface area (Å²) in [7, 11) is 0. The zero-order chi connectivity index (χ0) is 13.9. The highest BCUT2D eigenvalue weighted by atomic mass is 16.1. The quantitative estimate of drug-likeness (QED) is 0.278. The average Bonchev–Trinajstić information content (AvgIpc) is 2.86. The van der Waals surface area contributed by atoms with Crippen molar-refractivity contribution in [3.63, 3.8) is 0 Å². The second-order valence-corrected chi connectivity index (χ2v) is 5.48. The summed E-state index contributed by atoms with van der Waals surface area (Å²) >= 11 is 0. The Labute approximate surface area is 115 Å². The largest absolute Gasteiger partial charge is 0.424 e. The third-order valence-corrected chi connectivity index (χ3v) is 3.95. The maximum atomic E-state index is 10.7. The molecule has 1 aliphatic carbocycles. The van der Waals surface area contributed by atoms with Crippen molar-refractivity contribution in [2.75, 3.05) is 13.1 Å². The topological polar surface area (TPSA) is 49.5 Å². The van der Waals surface area contributed by atoms with Gasteiger partial charge in [-0.1, -0.05) is 19.8 Å². The van der Waals surface area contributed by atoms with Crippen LogP contribution in [0.5, 0.6) is 0 Å². The molecule has 0 amide bonds. The molecule has 0 saturated heterocycles. The molecule has 106 valence electrons. The zero-order valence-electron chi connectivity index (χ0n) is 11.9. The fourth-order valence-electron chi connectivity index (χ4n) is 2.79. The summed E-state index contributed by atoms with van der Waals surface area (Å²) in [6.45, 7) is 3.78. The molecule has 0 aromatic heterocycles. The molecule has 0 aliphatic heterocycles. The van der Waals surface area contributed by atoms with Crippen molar-refractivity contribution in [2.24, 2.45) is 10.9 Å². The van der Waals surface area contributed by atoms with Gasteiger partial charge in [-0.2, -0.15) is 9.37 Å². The number of hydrogen-bond acceptors (Lipinski definition) is 3. The van der Waals surface area contributed by atoms with E-state index in [0.717, 1.165) is 51.6 Å². The van der Waals surface area contributed by atoms with Gasteiger partial charge < -0.3 is 0 Å². The maximum Gasteiger partial charge on any atom is 0.424 e. The Balaban J connectivity index is 2.11. The van der Waals surface area contributed by atoms with Gasteiger partial charge in [-0.05, 0) is 31.6 Å². The molecule has 1 rings (SSSR count). The van der Waals surface area contributed by atoms with Crippen molar-refractivity contribution in [2.45, 2.75) is 64.3 Å². The number of carbonyl (C=O) groups excluding carboxylic acids is 2. The van der Waals surface area contributed by atoms with Gasteiger partial charge in [0.25, 0.3) is 0 Å². The molecule has 0 bridgehead atoms. The minimum Gasteiger partial charge on any atom is -0.211 e. The molecule has 19 heavy (non-hydrogen) atoms. The predicted octanol–water partition coefficient (Wildman–Crippen LogP) is 2.81. The first-order chi connectivity index (χ1) is 9.30. The van der Waals surface area contributed by atoms with Gasteiger partial charge in [0, 0.05) is 12.8 Å². The lowest BCUT2D eigenvalue weighted by Crippen LogP contribution is -2.14. The van der Waals surface area contributed by atoms with Crippen LogP contribution in [-0.2, 0) is 9.59 Å². The molecule has 0 aromatic rings. The van der Waals surface area contributed by atoms with Crippen molar-refractivity contribution >= 4 is 12.2 Å². The van der Waals surface area contributed by atoms with Crippen LogP contribution in [0.1, 0.15) is 58.3 Å². The van der Waals surface area contributed by atoms with E-state index in [2.05, 4.69) is 11.9 Å². The number of nitrogens with zero attached hydrogens (tertiary/aromatic N) is 2. The minimum atomic E-state index is 0.215. The number of isocyanates is 2. The maximum absolute atomic E-state index is 10.7. The molecule has 2 unspecified atom stereocenters. The first-order valence-corrected chi connectivity index (χ1v) is 7.49. The molecule has 1 fully saturated rings. The van der Waals surface area contributed by atoms with Gasteiger partial charge in [-0.15, -0.1) is 0 Å². The summed E-state index contributed by atoms with van der Waals surface area (Å²) in [4.78, 5) is 24.7. The highest BCUT2D eigenvalue weighted by Gasteiger charge is 2.23. The predicted molar refractivity (Wildman–Crippen MR) is 73.7 cm³/mol. The minimum absolute atomic E-state index is 0.215. The molecule has 4 heteroatoms. The Kier molecular flexibility index (Phi) is 8.04. The zero-order valence-corrected chi connectivity index (χ0v) is 11.9. The number of aliphatic imine (C=N–C) groups is 1. The fourth-order valence-corrected chi connectivity index (χ4v) is 2.79. The number of rotatable bonds is 9. The van der Waals surface area contributed by atoms with Crippen LogP contribution in [0.4, 0.5) is 0 Å². The van der Waals surface area contributed by atoms with Gasteiger partial charge in [0.1, 0.15) is 0 Å². The molecule has 4 nitrogen and oxygen atoms in total. The van der Waals surface area contributed by atoms with Crippen LogP contribution in [0, 0.1) is 5.92 Å². The van der Waals surface area contributed by atoms with Crippen molar-refractivity contribution in [1.29, 1.82) is 0 Å². The van der Waals surface area contributed by atoms with Gasteiger partial charge in [0.05, 0.1) is 6.04 Å². The van der Waals surface area contributed by atoms with Crippen molar-refractivity contribution < 1.29 is 14.2 Å². The van der Waals surface area contributed by atoms with Crippen LogP contribution in [0.15, 0.2) is 4.99 Å². The lowest BCUT2D eigenvalue weighted by Gasteiger charge is -2.07. The van der Waals surface area contributed by atoms with Crippen LogP contribution >= 0.6 is 0 Å². The van der Waals surface area contributed by atoms with E-state index < -0.39 is 0 Å². The Morgan fingerprint density at radius 1 is 1.16 bits per heavy atom. The molecule has 0 spiro atoms. The molecule has 1 saturated carbocycles. The van der Waals surface area contributed by atoms with E-state index in [1.165, 1.54) is 12.8 Å². The third-order valence-electron chi connectivity index (χ3n) is 3.95. The Morgan fingerprint density at radius 2 is 1.95 bits per heavy atom. The van der Waals surface area contributed by atoms with E-state index in [1.54, 1.807) is 10.7 Å². The summed E-state index contributed by atoms with van der Waals surface area (Å²) < 4.78 is 1.76. The molecular formula is C15H25N2O2+. The van der Waals surface area contributed by atoms with E-state index in [1.807, 2.05) is 6.08 Å². The fraction of sp³-hybridized carbons (Fsp3) is 0.867. The van der Waals surface area contributed by atoms with Crippen LogP contribution in [-0.4, -0.2) is 35.9 Å². The lowest BCUT2D eigenvalue weighted by atomic mass is 10.0. The van der Waals surface area contributed by atoms with Crippen LogP contribution < -0.4 is 0 Å². The van der Waals surface area contributed by atoms with Crippen LogP contribution in [0.25, 0.3) is 0 Å². The molecular weight excluding hydrogens is 240 g/mol. The normalized spacial score (nSPS) is 21.7. The van der Waals surface area contributed by atoms with Crippen molar-refractivity contribution in [3.05, 3.63) is 0 Å². The monoisotopic (exact) mass is 265 g/mol. The molecule has 0 radical (unpaired) electrons. The Bertz CT molecular complexity index is 355. The highest BCUT2D eigenvalue weighted by Crippen LogP contribution is 2.31. The van der Waals surface area contributed by atoms with E-state index in [9.17, 15) is 9.59 Å². The lowest BCUT2D eigenvalue weighted by molar-refractivity contribution is -0.526. The average molecular weight is 265 g/mol. The smallest absolute Gasteiger partial charge is 0.211 e. The van der Waals surface area contributed by atoms with Crippen molar-refractivity contribution in [1.82, 2.24) is 0 Å². The standard InChI is InChI=1S/C15H25N2O2/c1-2-3-9-17(13-19)10-5-4-6-14-7-8-15(11-14)16-12-18/h14-15H,2-11H2,1H3/q+1. The van der Waals surface area contributed by atoms with E-state index in [4.69, 9.17) is 0 Å². The molecule has 2 atom stereocenters. The van der Waals surface area contributed by atoms with Crippen molar-refractivity contribution in [3.8, 4) is 0 Å². The second kappa shape index (κ2) is 9.66. The van der Waals surface area contributed by atoms with E-state index >= 15 is 0 Å². The number of hydrogen-bond donors (Lipinski definition) is 0. The van der Waals surface area contributed by atoms with Crippen LogP contribution in [0.3, 0.4) is 0 Å². The SMILES string of the molecule is CCCC[N+](=C=O)CCCCC1CCC(N=C=O)C1. The van der Waals surface area contributed by atoms with E-state index in [0.29, 0.717) is 5.92 Å². The third kappa shape index (κ3) is 6.47. The summed E-state index contributed by atoms with van der Waals surface area (Å²) in [5, 5.41) is 0. The summed E-state index contributed by atoms with van der Waals surface area (Å²) in [6, 6.07) is 0.215. The molecule has 1 aliphatic rings. The summed E-state index contributed by atoms with van der Waals surface area (Å²) in [5.74, 6) is 0.700.